The summed E-state index contributed by atoms with van der Waals surface area (Å²) in [4.78, 5) is 28.3. The number of rotatable bonds is 3. The Labute approximate surface area is 145 Å². The van der Waals surface area contributed by atoms with Crippen LogP contribution in [0.3, 0.4) is 0 Å². The standard InChI is InChI=1S/C19H21FN2O3/c20-14-3-1-2-4-15(14)21-7-9-22(10-8-21)18(23)16-12-5-6-13(11-12)17(16)19(24)25/h1-6,12-13,16-17H,7-11H2,(H,24,25)/t12-,13+,16+,17+/m1/s1. The fourth-order valence-corrected chi connectivity index (χ4v) is 4.58. The van der Waals surface area contributed by atoms with Gasteiger partial charge in [-0.05, 0) is 30.4 Å². The third-order valence-corrected chi connectivity index (χ3v) is 5.81. The minimum atomic E-state index is -0.875. The third kappa shape index (κ3) is 2.69. The minimum absolute atomic E-state index is 0.0175. The zero-order valence-electron chi connectivity index (χ0n) is 13.8. The van der Waals surface area contributed by atoms with Crippen molar-refractivity contribution in [3.8, 4) is 0 Å². The molecular formula is C19H21FN2O3. The van der Waals surface area contributed by atoms with Crippen molar-refractivity contribution in [2.75, 3.05) is 31.1 Å². The lowest BCUT2D eigenvalue weighted by Crippen LogP contribution is -2.52. The molecule has 0 unspecified atom stereocenters. The molecule has 1 heterocycles. The number of piperazine rings is 1. The highest BCUT2D eigenvalue weighted by molar-refractivity contribution is 5.87. The molecule has 132 valence electrons. The Morgan fingerprint density at radius 3 is 2.28 bits per heavy atom. The molecule has 1 amide bonds. The van der Waals surface area contributed by atoms with Crippen LogP contribution in [0.5, 0.6) is 0 Å². The van der Waals surface area contributed by atoms with E-state index in [-0.39, 0.29) is 23.6 Å². The molecule has 1 saturated heterocycles. The molecule has 1 aliphatic heterocycles. The topological polar surface area (TPSA) is 60.9 Å². The number of benzene rings is 1. The highest BCUT2D eigenvalue weighted by Gasteiger charge is 2.52. The number of anilines is 1. The summed E-state index contributed by atoms with van der Waals surface area (Å²) in [5.74, 6) is -2.22. The third-order valence-electron chi connectivity index (χ3n) is 5.81. The number of fused-ring (bicyclic) bond motifs is 2. The molecule has 0 spiro atoms. The van der Waals surface area contributed by atoms with E-state index in [0.717, 1.165) is 6.42 Å². The van der Waals surface area contributed by atoms with Gasteiger partial charge in [0.2, 0.25) is 5.91 Å². The lowest BCUT2D eigenvalue weighted by molar-refractivity contribution is -0.151. The van der Waals surface area contributed by atoms with E-state index >= 15 is 0 Å². The van der Waals surface area contributed by atoms with Crippen molar-refractivity contribution in [2.24, 2.45) is 23.7 Å². The molecule has 25 heavy (non-hydrogen) atoms. The average molecular weight is 344 g/mol. The molecule has 1 aromatic rings. The van der Waals surface area contributed by atoms with Crippen LogP contribution in [0.4, 0.5) is 10.1 Å². The lowest BCUT2D eigenvalue weighted by Gasteiger charge is -2.38. The van der Waals surface area contributed by atoms with Crippen molar-refractivity contribution in [1.82, 2.24) is 4.90 Å². The van der Waals surface area contributed by atoms with Gasteiger partial charge in [0.25, 0.3) is 0 Å². The molecule has 4 atom stereocenters. The summed E-state index contributed by atoms with van der Waals surface area (Å²) in [5.41, 5.74) is 0.556. The second-order valence-electron chi connectivity index (χ2n) is 7.10. The van der Waals surface area contributed by atoms with Gasteiger partial charge in [0.05, 0.1) is 17.5 Å². The molecule has 1 saturated carbocycles. The first-order valence-corrected chi connectivity index (χ1v) is 8.75. The Hall–Kier alpha value is -2.37. The number of carboxylic acids is 1. The largest absolute Gasteiger partial charge is 0.481 e. The van der Waals surface area contributed by atoms with Crippen LogP contribution in [0.1, 0.15) is 6.42 Å². The van der Waals surface area contributed by atoms with Gasteiger partial charge in [0.15, 0.2) is 0 Å². The Morgan fingerprint density at radius 1 is 1.00 bits per heavy atom. The number of hydrogen-bond acceptors (Lipinski definition) is 3. The van der Waals surface area contributed by atoms with Crippen LogP contribution in [-0.2, 0) is 9.59 Å². The van der Waals surface area contributed by atoms with E-state index in [1.807, 2.05) is 17.1 Å². The molecular weight excluding hydrogens is 323 g/mol. The zero-order valence-corrected chi connectivity index (χ0v) is 13.8. The minimum Gasteiger partial charge on any atom is -0.481 e. The molecule has 1 aromatic carbocycles. The Balaban J connectivity index is 1.44. The summed E-state index contributed by atoms with van der Waals surface area (Å²) >= 11 is 0. The monoisotopic (exact) mass is 344 g/mol. The molecule has 1 N–H and O–H groups in total. The summed E-state index contributed by atoms with van der Waals surface area (Å²) < 4.78 is 13.9. The van der Waals surface area contributed by atoms with Gasteiger partial charge < -0.3 is 14.9 Å². The maximum absolute atomic E-state index is 13.9. The van der Waals surface area contributed by atoms with Gasteiger partial charge in [-0.15, -0.1) is 0 Å². The van der Waals surface area contributed by atoms with Crippen LogP contribution >= 0.6 is 0 Å². The SMILES string of the molecule is O=C(O)[C@@H]1[C@@H](C(=O)N2CCN(c3ccccc3F)CC2)[C@@H]2C=C[C@H]1C2. The molecule has 2 aliphatic carbocycles. The van der Waals surface area contributed by atoms with E-state index in [0.29, 0.717) is 31.9 Å². The molecule has 6 heteroatoms. The van der Waals surface area contributed by atoms with E-state index in [9.17, 15) is 19.1 Å². The number of para-hydroxylation sites is 1. The van der Waals surface area contributed by atoms with Crippen LogP contribution < -0.4 is 4.90 Å². The van der Waals surface area contributed by atoms with Gasteiger partial charge in [-0.1, -0.05) is 24.3 Å². The number of carbonyl (C=O) groups excluding carboxylic acids is 1. The average Bonchev–Trinajstić information content (AvgIpc) is 3.23. The zero-order chi connectivity index (χ0) is 17.6. The van der Waals surface area contributed by atoms with Gasteiger partial charge in [-0.2, -0.15) is 0 Å². The summed E-state index contributed by atoms with van der Waals surface area (Å²) in [6, 6.07) is 6.64. The Morgan fingerprint density at radius 2 is 1.64 bits per heavy atom. The van der Waals surface area contributed by atoms with Crippen LogP contribution in [-0.4, -0.2) is 48.1 Å². The Kier molecular flexibility index (Phi) is 3.98. The van der Waals surface area contributed by atoms with Crippen LogP contribution in [0, 0.1) is 29.5 Å². The highest BCUT2D eigenvalue weighted by Crippen LogP contribution is 2.48. The summed E-state index contributed by atoms with van der Waals surface area (Å²) in [5, 5.41) is 9.52. The van der Waals surface area contributed by atoms with E-state index < -0.39 is 17.8 Å². The predicted molar refractivity (Wildman–Crippen MR) is 90.5 cm³/mol. The van der Waals surface area contributed by atoms with Crippen molar-refractivity contribution < 1.29 is 19.1 Å². The molecule has 5 nitrogen and oxygen atoms in total. The van der Waals surface area contributed by atoms with Gasteiger partial charge in [-0.25, -0.2) is 4.39 Å². The van der Waals surface area contributed by atoms with Crippen molar-refractivity contribution in [1.29, 1.82) is 0 Å². The maximum Gasteiger partial charge on any atom is 0.307 e. The lowest BCUT2D eigenvalue weighted by atomic mass is 9.82. The normalized spacial score (nSPS) is 30.8. The van der Waals surface area contributed by atoms with E-state index in [1.165, 1.54) is 6.07 Å². The van der Waals surface area contributed by atoms with Crippen LogP contribution in [0.25, 0.3) is 0 Å². The number of aliphatic carboxylic acids is 1. The van der Waals surface area contributed by atoms with Gasteiger partial charge in [0, 0.05) is 26.2 Å². The molecule has 3 aliphatic rings. The summed E-state index contributed by atoms with van der Waals surface area (Å²) in [6.45, 7) is 2.11. The quantitative estimate of drug-likeness (QED) is 0.852. The smallest absolute Gasteiger partial charge is 0.307 e. The Bertz CT molecular complexity index is 727. The second kappa shape index (κ2) is 6.17. The van der Waals surface area contributed by atoms with Gasteiger partial charge in [-0.3, -0.25) is 9.59 Å². The first-order valence-electron chi connectivity index (χ1n) is 8.75. The number of nitrogens with zero attached hydrogens (tertiary/aromatic N) is 2. The van der Waals surface area contributed by atoms with Crippen molar-refractivity contribution in [3.63, 3.8) is 0 Å². The molecule has 4 rings (SSSR count). The number of carboxylic acid groups (broad SMARTS) is 1. The number of allylic oxidation sites excluding steroid dienone is 2. The van der Waals surface area contributed by atoms with Gasteiger partial charge >= 0.3 is 5.97 Å². The van der Waals surface area contributed by atoms with E-state index in [4.69, 9.17) is 0 Å². The molecule has 0 aromatic heterocycles. The number of amides is 1. The second-order valence-corrected chi connectivity index (χ2v) is 7.10. The van der Waals surface area contributed by atoms with E-state index in [1.54, 1.807) is 23.1 Å². The molecule has 2 fully saturated rings. The first kappa shape index (κ1) is 16.1. The molecule has 0 radical (unpaired) electrons. The van der Waals surface area contributed by atoms with Crippen LogP contribution in [0.2, 0.25) is 0 Å². The van der Waals surface area contributed by atoms with E-state index in [2.05, 4.69) is 0 Å². The van der Waals surface area contributed by atoms with Gasteiger partial charge in [0.1, 0.15) is 5.82 Å². The highest BCUT2D eigenvalue weighted by atomic mass is 19.1. The summed E-state index contributed by atoms with van der Waals surface area (Å²) in [7, 11) is 0. The summed E-state index contributed by atoms with van der Waals surface area (Å²) in [6.07, 6.45) is 4.72. The van der Waals surface area contributed by atoms with Crippen LogP contribution in [0.15, 0.2) is 36.4 Å². The van der Waals surface area contributed by atoms with Crippen molar-refractivity contribution in [2.45, 2.75) is 6.42 Å². The van der Waals surface area contributed by atoms with Crippen molar-refractivity contribution in [3.05, 3.63) is 42.2 Å². The maximum atomic E-state index is 13.9. The number of hydrogen-bond donors (Lipinski definition) is 1. The molecule has 2 bridgehead atoms. The number of halogens is 1. The fourth-order valence-electron chi connectivity index (χ4n) is 4.58. The first-order chi connectivity index (χ1) is 12.1. The fraction of sp³-hybridized carbons (Fsp3) is 0.474. The van der Waals surface area contributed by atoms with Crippen molar-refractivity contribution >= 4 is 17.6 Å². The number of carbonyl (C=O) groups is 2. The predicted octanol–water partition coefficient (Wildman–Crippen LogP) is 2.00.